The third kappa shape index (κ3) is 5.30. The van der Waals surface area contributed by atoms with Crippen LogP contribution >= 0.6 is 0 Å². The van der Waals surface area contributed by atoms with E-state index in [1.807, 2.05) is 6.07 Å². The number of carbonyl (C=O) groups excluding carboxylic acids is 1. The molecule has 0 saturated carbocycles. The van der Waals surface area contributed by atoms with E-state index < -0.39 is 6.36 Å². The van der Waals surface area contributed by atoms with Crippen molar-refractivity contribution in [3.05, 3.63) is 83.4 Å². The van der Waals surface area contributed by atoms with Gasteiger partial charge in [-0.15, -0.1) is 13.2 Å². The fraction of sp³-hybridized carbons (Fsp3) is 0.227. The van der Waals surface area contributed by atoms with E-state index >= 15 is 0 Å². The molecule has 0 radical (unpaired) electrons. The molecule has 0 N–H and O–H groups in total. The molecule has 0 fully saturated rings. The summed E-state index contributed by atoms with van der Waals surface area (Å²) >= 11 is 0. The summed E-state index contributed by atoms with van der Waals surface area (Å²) in [4.78, 5) is 23.1. The number of hydrogen-bond donors (Lipinski definition) is 0. The van der Waals surface area contributed by atoms with Crippen LogP contribution in [-0.4, -0.2) is 40.3 Å². The number of alkyl halides is 3. The number of carbonyl (C=O) groups is 1. The number of benzene rings is 2. The zero-order chi connectivity index (χ0) is 21.8. The Morgan fingerprint density at radius 1 is 1.03 bits per heavy atom. The molecule has 9 heteroatoms. The maximum absolute atomic E-state index is 13.1. The first-order valence-electron chi connectivity index (χ1n) is 9.53. The van der Waals surface area contributed by atoms with Gasteiger partial charge in [-0.3, -0.25) is 4.79 Å². The highest BCUT2D eigenvalue weighted by Crippen LogP contribution is 2.27. The van der Waals surface area contributed by atoms with Gasteiger partial charge in [0.25, 0.3) is 5.91 Å². The first kappa shape index (κ1) is 20.6. The Kier molecular flexibility index (Phi) is 5.75. The second-order valence-corrected chi connectivity index (χ2v) is 6.94. The molecule has 1 aliphatic rings. The Labute approximate surface area is 176 Å². The summed E-state index contributed by atoms with van der Waals surface area (Å²) in [5.74, 6) is 0.576. The number of fused-ring (bicyclic) bond motifs is 1. The van der Waals surface area contributed by atoms with Crippen molar-refractivity contribution in [1.29, 1.82) is 0 Å². The number of halogens is 3. The highest BCUT2D eigenvalue weighted by Gasteiger charge is 2.31. The molecule has 0 bridgehead atoms. The highest BCUT2D eigenvalue weighted by molar-refractivity contribution is 5.97. The molecule has 0 spiro atoms. The van der Waals surface area contributed by atoms with Crippen LogP contribution in [0, 0.1) is 0 Å². The van der Waals surface area contributed by atoms with Crippen LogP contribution in [0.3, 0.4) is 0 Å². The molecule has 1 amide bonds. The van der Waals surface area contributed by atoms with Crippen molar-refractivity contribution < 1.29 is 27.4 Å². The summed E-state index contributed by atoms with van der Waals surface area (Å²) in [6.45, 7) is 1.03. The molecule has 0 saturated heterocycles. The number of ether oxygens (including phenoxy) is 2. The average Bonchev–Trinajstić information content (AvgIpc) is 2.88. The van der Waals surface area contributed by atoms with Crippen LogP contribution in [-0.2, 0) is 13.0 Å². The predicted octanol–water partition coefficient (Wildman–Crippen LogP) is 4.00. The van der Waals surface area contributed by atoms with Gasteiger partial charge < -0.3 is 14.4 Å². The van der Waals surface area contributed by atoms with E-state index in [1.165, 1.54) is 12.1 Å². The molecular weight excluding hydrogens is 411 g/mol. The lowest BCUT2D eigenvalue weighted by Gasteiger charge is -2.19. The summed E-state index contributed by atoms with van der Waals surface area (Å²) in [6.07, 6.45) is -1.04. The van der Waals surface area contributed by atoms with Crippen LogP contribution < -0.4 is 9.47 Å². The van der Waals surface area contributed by atoms with Crippen LogP contribution in [0.1, 0.15) is 27.3 Å². The predicted molar refractivity (Wildman–Crippen MR) is 105 cm³/mol. The smallest absolute Gasteiger partial charge is 0.491 e. The second-order valence-electron chi connectivity index (χ2n) is 6.94. The Morgan fingerprint density at radius 3 is 2.45 bits per heavy atom. The second kappa shape index (κ2) is 8.63. The maximum Gasteiger partial charge on any atom is 0.573 e. The molecule has 2 heterocycles. The number of aromatic nitrogens is 2. The van der Waals surface area contributed by atoms with Crippen LogP contribution in [0.4, 0.5) is 13.2 Å². The lowest BCUT2D eigenvalue weighted by molar-refractivity contribution is -0.274. The molecule has 3 aromatic rings. The summed E-state index contributed by atoms with van der Waals surface area (Å²) in [7, 11) is 0. The molecule has 0 aliphatic carbocycles. The van der Waals surface area contributed by atoms with Gasteiger partial charge in [-0.1, -0.05) is 18.2 Å². The van der Waals surface area contributed by atoms with Gasteiger partial charge >= 0.3 is 6.36 Å². The fourth-order valence-electron chi connectivity index (χ4n) is 3.30. The fourth-order valence-corrected chi connectivity index (χ4v) is 3.30. The molecule has 31 heavy (non-hydrogen) atoms. The molecule has 6 nitrogen and oxygen atoms in total. The molecule has 0 atom stereocenters. The summed E-state index contributed by atoms with van der Waals surface area (Å²) in [6, 6.07) is 12.7. The molecule has 2 aromatic carbocycles. The van der Waals surface area contributed by atoms with Gasteiger partial charge in [0.05, 0.1) is 18.7 Å². The van der Waals surface area contributed by atoms with Crippen molar-refractivity contribution in [1.82, 2.24) is 14.9 Å². The first-order valence-corrected chi connectivity index (χ1v) is 9.53. The topological polar surface area (TPSA) is 64.6 Å². The van der Waals surface area contributed by atoms with E-state index in [0.29, 0.717) is 36.7 Å². The van der Waals surface area contributed by atoms with Crippen LogP contribution in [0.2, 0.25) is 0 Å². The van der Waals surface area contributed by atoms with E-state index in [1.54, 1.807) is 47.6 Å². The van der Waals surface area contributed by atoms with Crippen LogP contribution in [0.5, 0.6) is 11.5 Å². The molecule has 0 unspecified atom stereocenters. The molecule has 1 aromatic heterocycles. The van der Waals surface area contributed by atoms with Gasteiger partial charge in [0.2, 0.25) is 0 Å². The van der Waals surface area contributed by atoms with Gasteiger partial charge in [-0.05, 0) is 47.9 Å². The molecule has 4 rings (SSSR count). The number of amides is 1. The van der Waals surface area contributed by atoms with Gasteiger partial charge in [0.15, 0.2) is 0 Å². The maximum atomic E-state index is 13.1. The molecule has 1 aliphatic heterocycles. The van der Waals surface area contributed by atoms with Gasteiger partial charge in [-0.25, -0.2) is 9.97 Å². The summed E-state index contributed by atoms with van der Waals surface area (Å²) < 4.78 is 46.6. The Hall–Kier alpha value is -3.62. The van der Waals surface area contributed by atoms with Crippen molar-refractivity contribution in [2.45, 2.75) is 19.3 Å². The third-order valence-electron chi connectivity index (χ3n) is 4.70. The minimum Gasteiger partial charge on any atom is -0.491 e. The monoisotopic (exact) mass is 429 g/mol. The van der Waals surface area contributed by atoms with Gasteiger partial charge in [-0.2, -0.15) is 0 Å². The highest BCUT2D eigenvalue weighted by atomic mass is 19.4. The zero-order valence-corrected chi connectivity index (χ0v) is 16.3. The van der Waals surface area contributed by atoms with E-state index in [9.17, 15) is 18.0 Å². The van der Waals surface area contributed by atoms with E-state index in [2.05, 4.69) is 14.7 Å². The van der Waals surface area contributed by atoms with Crippen LogP contribution in [0.25, 0.3) is 0 Å². The van der Waals surface area contributed by atoms with E-state index in [-0.39, 0.29) is 18.2 Å². The van der Waals surface area contributed by atoms with Crippen molar-refractivity contribution in [2.24, 2.45) is 0 Å². The standard InChI is InChI=1S/C22H18F3N3O3/c23-22(24,25)31-17-5-2-15(3-6-17)12-16-4-7-19-18(13-16)21(29)28(10-11-30-19)14-20-26-8-1-9-27-20/h1-9,13H,10-12,14H2. The average molecular weight is 429 g/mol. The van der Waals surface area contributed by atoms with E-state index in [0.717, 1.165) is 11.1 Å². The van der Waals surface area contributed by atoms with Crippen molar-refractivity contribution in [2.75, 3.05) is 13.2 Å². The Morgan fingerprint density at radius 2 is 1.74 bits per heavy atom. The molecular formula is C22H18F3N3O3. The van der Waals surface area contributed by atoms with Gasteiger partial charge in [0.1, 0.15) is 23.9 Å². The SMILES string of the molecule is O=C1c2cc(Cc3ccc(OC(F)(F)F)cc3)ccc2OCCN1Cc1ncccn1. The lowest BCUT2D eigenvalue weighted by atomic mass is 10.0. The zero-order valence-electron chi connectivity index (χ0n) is 16.3. The van der Waals surface area contributed by atoms with Crippen molar-refractivity contribution >= 4 is 5.91 Å². The minimum atomic E-state index is -4.73. The Balaban J connectivity index is 1.51. The van der Waals surface area contributed by atoms with Crippen LogP contribution in [0.15, 0.2) is 60.9 Å². The van der Waals surface area contributed by atoms with Gasteiger partial charge in [0, 0.05) is 12.4 Å². The third-order valence-corrected chi connectivity index (χ3v) is 4.70. The Bertz CT molecular complexity index is 1060. The largest absolute Gasteiger partial charge is 0.573 e. The number of rotatable bonds is 5. The van der Waals surface area contributed by atoms with Crippen molar-refractivity contribution in [3.63, 3.8) is 0 Å². The first-order chi connectivity index (χ1) is 14.9. The summed E-state index contributed by atoms with van der Waals surface area (Å²) in [5, 5.41) is 0. The minimum absolute atomic E-state index is 0.185. The number of hydrogen-bond acceptors (Lipinski definition) is 5. The van der Waals surface area contributed by atoms with E-state index in [4.69, 9.17) is 4.74 Å². The quantitative estimate of drug-likeness (QED) is 0.614. The number of nitrogens with zero attached hydrogens (tertiary/aromatic N) is 3. The normalized spacial score (nSPS) is 13.9. The lowest BCUT2D eigenvalue weighted by Crippen LogP contribution is -2.32. The van der Waals surface area contributed by atoms with Crippen molar-refractivity contribution in [3.8, 4) is 11.5 Å². The molecule has 160 valence electrons. The summed E-state index contributed by atoms with van der Waals surface area (Å²) in [5.41, 5.74) is 2.05.